The summed E-state index contributed by atoms with van der Waals surface area (Å²) in [4.78, 5) is 0. The highest BCUT2D eigenvalue weighted by Crippen LogP contribution is 2.40. The number of aliphatic hydroxyl groups is 1. The van der Waals surface area contributed by atoms with Gasteiger partial charge in [0.15, 0.2) is 0 Å². The molecule has 17 heavy (non-hydrogen) atoms. The smallest absolute Gasteiger partial charge is 0.0524 e. The van der Waals surface area contributed by atoms with Gasteiger partial charge >= 0.3 is 0 Å². The summed E-state index contributed by atoms with van der Waals surface area (Å²) in [6.45, 7) is 9.97. The maximum atomic E-state index is 9.22. The molecule has 0 spiro atoms. The summed E-state index contributed by atoms with van der Waals surface area (Å²) in [6.07, 6.45) is 7.36. The van der Waals surface area contributed by atoms with Gasteiger partial charge in [-0.05, 0) is 56.9 Å². The molecule has 0 aliphatic heterocycles. The summed E-state index contributed by atoms with van der Waals surface area (Å²) in [5, 5.41) is 12.8. The van der Waals surface area contributed by atoms with Gasteiger partial charge in [-0.25, -0.2) is 0 Å². The third kappa shape index (κ3) is 4.97. The van der Waals surface area contributed by atoms with E-state index in [1.165, 1.54) is 32.1 Å². The van der Waals surface area contributed by atoms with Crippen LogP contribution in [0.15, 0.2) is 0 Å². The molecular formula is C15H31NO. The fourth-order valence-electron chi connectivity index (χ4n) is 2.86. The molecule has 0 aromatic rings. The van der Waals surface area contributed by atoms with Crippen LogP contribution in [0.25, 0.3) is 0 Å². The predicted octanol–water partition coefficient (Wildman–Crippen LogP) is 3.34. The van der Waals surface area contributed by atoms with Crippen LogP contribution in [-0.4, -0.2) is 23.8 Å². The first kappa shape index (κ1) is 15.0. The monoisotopic (exact) mass is 241 g/mol. The van der Waals surface area contributed by atoms with E-state index < -0.39 is 0 Å². The summed E-state index contributed by atoms with van der Waals surface area (Å²) in [5.74, 6) is 0.905. The van der Waals surface area contributed by atoms with Crippen molar-refractivity contribution in [2.75, 3.05) is 6.54 Å². The minimum Gasteiger partial charge on any atom is -0.393 e. The van der Waals surface area contributed by atoms with E-state index in [4.69, 9.17) is 0 Å². The highest BCUT2D eigenvalue weighted by atomic mass is 16.3. The number of aliphatic hydroxyl groups excluding tert-OH is 1. The largest absolute Gasteiger partial charge is 0.393 e. The Morgan fingerprint density at radius 2 is 1.82 bits per heavy atom. The first-order valence-corrected chi connectivity index (χ1v) is 7.37. The van der Waals surface area contributed by atoms with Gasteiger partial charge in [-0.15, -0.1) is 0 Å². The van der Waals surface area contributed by atoms with E-state index in [2.05, 4.69) is 26.1 Å². The van der Waals surface area contributed by atoms with E-state index in [0.717, 1.165) is 18.9 Å². The van der Waals surface area contributed by atoms with Crippen molar-refractivity contribution in [3.63, 3.8) is 0 Å². The van der Waals surface area contributed by atoms with E-state index >= 15 is 0 Å². The Balaban J connectivity index is 2.22. The summed E-state index contributed by atoms with van der Waals surface area (Å²) < 4.78 is 0. The zero-order valence-corrected chi connectivity index (χ0v) is 12.1. The van der Waals surface area contributed by atoms with E-state index in [1.807, 2.05) is 6.92 Å². The van der Waals surface area contributed by atoms with Crippen LogP contribution in [0.5, 0.6) is 0 Å². The minimum absolute atomic E-state index is 0.169. The Labute approximate surface area is 107 Å². The normalized spacial score (nSPS) is 28.1. The first-order chi connectivity index (χ1) is 7.95. The van der Waals surface area contributed by atoms with Crippen molar-refractivity contribution in [1.82, 2.24) is 5.32 Å². The quantitative estimate of drug-likeness (QED) is 0.747. The van der Waals surface area contributed by atoms with Crippen molar-refractivity contribution in [1.29, 1.82) is 0 Å². The molecule has 0 amide bonds. The molecule has 2 N–H and O–H groups in total. The Kier molecular flexibility index (Phi) is 5.94. The zero-order valence-electron chi connectivity index (χ0n) is 12.1. The summed E-state index contributed by atoms with van der Waals surface area (Å²) in [5.41, 5.74) is 0.518. The van der Waals surface area contributed by atoms with Gasteiger partial charge in [-0.2, -0.15) is 0 Å². The molecule has 1 atom stereocenters. The average Bonchev–Trinajstić information content (AvgIpc) is 2.29. The average molecular weight is 241 g/mol. The molecule has 0 aromatic carbocycles. The molecule has 0 heterocycles. The van der Waals surface area contributed by atoms with Crippen LogP contribution in [0.4, 0.5) is 0 Å². The van der Waals surface area contributed by atoms with Crippen molar-refractivity contribution in [2.24, 2.45) is 11.3 Å². The topological polar surface area (TPSA) is 32.3 Å². The van der Waals surface area contributed by atoms with E-state index in [1.54, 1.807) is 0 Å². The molecule has 1 rings (SSSR count). The van der Waals surface area contributed by atoms with Gasteiger partial charge in [0.25, 0.3) is 0 Å². The van der Waals surface area contributed by atoms with Gasteiger partial charge in [0.1, 0.15) is 0 Å². The van der Waals surface area contributed by atoms with Gasteiger partial charge in [-0.3, -0.25) is 0 Å². The lowest BCUT2D eigenvalue weighted by Crippen LogP contribution is -2.37. The maximum Gasteiger partial charge on any atom is 0.0524 e. The summed E-state index contributed by atoms with van der Waals surface area (Å²) in [6, 6.07) is 0.692. The molecule has 102 valence electrons. The van der Waals surface area contributed by atoms with Crippen LogP contribution in [-0.2, 0) is 0 Å². The van der Waals surface area contributed by atoms with Crippen molar-refractivity contribution in [3.8, 4) is 0 Å². The molecule has 1 unspecified atom stereocenters. The number of hydrogen-bond acceptors (Lipinski definition) is 2. The minimum atomic E-state index is -0.169. The lowest BCUT2D eigenvalue weighted by molar-refractivity contribution is 0.134. The van der Waals surface area contributed by atoms with Gasteiger partial charge in [0.05, 0.1) is 6.10 Å². The molecule has 1 aliphatic carbocycles. The zero-order chi connectivity index (χ0) is 12.9. The van der Waals surface area contributed by atoms with Crippen LogP contribution in [0.1, 0.15) is 66.2 Å². The fraction of sp³-hybridized carbons (Fsp3) is 1.00. The molecule has 1 fully saturated rings. The van der Waals surface area contributed by atoms with Crippen molar-refractivity contribution in [3.05, 3.63) is 0 Å². The number of hydrogen-bond donors (Lipinski definition) is 2. The summed E-state index contributed by atoms with van der Waals surface area (Å²) in [7, 11) is 0. The Hall–Kier alpha value is -0.0800. The lowest BCUT2D eigenvalue weighted by Gasteiger charge is -2.39. The predicted molar refractivity (Wildman–Crippen MR) is 74.1 cm³/mol. The van der Waals surface area contributed by atoms with E-state index in [9.17, 15) is 5.11 Å². The molecule has 0 aromatic heterocycles. The van der Waals surface area contributed by atoms with E-state index in [-0.39, 0.29) is 6.10 Å². The second-order valence-corrected chi connectivity index (χ2v) is 6.48. The Morgan fingerprint density at radius 1 is 1.24 bits per heavy atom. The first-order valence-electron chi connectivity index (χ1n) is 7.37. The highest BCUT2D eigenvalue weighted by Gasteiger charge is 2.31. The Morgan fingerprint density at radius 3 is 2.29 bits per heavy atom. The van der Waals surface area contributed by atoms with Crippen molar-refractivity contribution < 1.29 is 5.11 Å². The van der Waals surface area contributed by atoms with Gasteiger partial charge < -0.3 is 10.4 Å². The molecule has 2 nitrogen and oxygen atoms in total. The SMILES string of the molecule is CCC(C)(C)C1CCC(NCCC(C)O)CC1. The molecule has 1 aliphatic rings. The van der Waals surface area contributed by atoms with Crippen LogP contribution in [0.2, 0.25) is 0 Å². The molecule has 2 heteroatoms. The highest BCUT2D eigenvalue weighted by molar-refractivity contribution is 4.84. The second kappa shape index (κ2) is 6.75. The molecule has 0 bridgehead atoms. The number of nitrogens with one attached hydrogen (secondary N) is 1. The van der Waals surface area contributed by atoms with Crippen molar-refractivity contribution in [2.45, 2.75) is 78.4 Å². The number of rotatable bonds is 6. The van der Waals surface area contributed by atoms with Crippen LogP contribution >= 0.6 is 0 Å². The standard InChI is InChI=1S/C15H31NO/c1-5-15(3,4)13-6-8-14(9-7-13)16-11-10-12(2)17/h12-14,16-17H,5-11H2,1-4H3. The molecule has 0 saturated heterocycles. The molecule has 0 radical (unpaired) electrons. The van der Waals surface area contributed by atoms with Crippen LogP contribution in [0, 0.1) is 11.3 Å². The lowest BCUT2D eigenvalue weighted by atomic mass is 9.69. The fourth-order valence-corrected chi connectivity index (χ4v) is 2.86. The Bertz CT molecular complexity index is 205. The van der Waals surface area contributed by atoms with Crippen LogP contribution in [0.3, 0.4) is 0 Å². The second-order valence-electron chi connectivity index (χ2n) is 6.48. The van der Waals surface area contributed by atoms with Crippen LogP contribution < -0.4 is 5.32 Å². The van der Waals surface area contributed by atoms with E-state index in [0.29, 0.717) is 11.5 Å². The van der Waals surface area contributed by atoms with Crippen molar-refractivity contribution >= 4 is 0 Å². The third-order valence-electron chi connectivity index (χ3n) is 4.74. The van der Waals surface area contributed by atoms with Gasteiger partial charge in [0.2, 0.25) is 0 Å². The molecular weight excluding hydrogens is 210 g/mol. The third-order valence-corrected chi connectivity index (χ3v) is 4.74. The molecule has 1 saturated carbocycles. The van der Waals surface area contributed by atoms with Gasteiger partial charge in [-0.1, -0.05) is 27.2 Å². The summed E-state index contributed by atoms with van der Waals surface area (Å²) >= 11 is 0. The van der Waals surface area contributed by atoms with Gasteiger partial charge in [0, 0.05) is 6.04 Å². The maximum absolute atomic E-state index is 9.22.